The van der Waals surface area contributed by atoms with Gasteiger partial charge in [0, 0.05) is 24.7 Å². The molecule has 1 aromatic carbocycles. The molecule has 0 heterocycles. The highest BCUT2D eigenvalue weighted by molar-refractivity contribution is 5.32. The van der Waals surface area contributed by atoms with Crippen LogP contribution in [-0.2, 0) is 6.54 Å². The SMILES string of the molecule is CN(Cc1ccc([N+](=O)[O-])cc1)C1CCC(O)CC1. The Morgan fingerprint density at radius 3 is 2.37 bits per heavy atom. The smallest absolute Gasteiger partial charge is 0.269 e. The predicted octanol–water partition coefficient (Wildman–Crippen LogP) is 2.33. The normalized spacial score (nSPS) is 23.5. The van der Waals surface area contributed by atoms with Gasteiger partial charge in [0.1, 0.15) is 0 Å². The first kappa shape index (κ1) is 14.0. The Hall–Kier alpha value is -1.46. The highest BCUT2D eigenvalue weighted by Crippen LogP contribution is 2.23. The molecule has 5 heteroatoms. The monoisotopic (exact) mass is 264 g/mol. The topological polar surface area (TPSA) is 66.6 Å². The van der Waals surface area contributed by atoms with E-state index in [9.17, 15) is 15.2 Å². The fourth-order valence-corrected chi connectivity index (χ4v) is 2.64. The minimum Gasteiger partial charge on any atom is -0.393 e. The van der Waals surface area contributed by atoms with Gasteiger partial charge in [-0.2, -0.15) is 0 Å². The third-order valence-corrected chi connectivity index (χ3v) is 3.87. The fourth-order valence-electron chi connectivity index (χ4n) is 2.64. The van der Waals surface area contributed by atoms with Crippen molar-refractivity contribution in [2.45, 2.75) is 44.4 Å². The molecule has 1 aliphatic carbocycles. The number of nitro groups is 1. The van der Waals surface area contributed by atoms with Crippen LogP contribution in [0.25, 0.3) is 0 Å². The predicted molar refractivity (Wildman–Crippen MR) is 72.8 cm³/mol. The molecule has 1 aliphatic rings. The van der Waals surface area contributed by atoms with Gasteiger partial charge >= 0.3 is 0 Å². The van der Waals surface area contributed by atoms with E-state index in [1.165, 1.54) is 0 Å². The van der Waals surface area contributed by atoms with Crippen molar-refractivity contribution in [1.29, 1.82) is 0 Å². The van der Waals surface area contributed by atoms with Crippen molar-refractivity contribution >= 4 is 5.69 Å². The standard InChI is InChI=1S/C14H20N2O3/c1-15(12-6-8-14(17)9-7-12)10-11-2-4-13(5-3-11)16(18)19/h2-5,12,14,17H,6-10H2,1H3. The van der Waals surface area contributed by atoms with Crippen LogP contribution in [0, 0.1) is 10.1 Å². The van der Waals surface area contributed by atoms with Crippen LogP contribution in [0.15, 0.2) is 24.3 Å². The molecule has 1 fully saturated rings. The molecule has 19 heavy (non-hydrogen) atoms. The third-order valence-electron chi connectivity index (χ3n) is 3.87. The maximum Gasteiger partial charge on any atom is 0.269 e. The molecule has 0 spiro atoms. The van der Waals surface area contributed by atoms with E-state index >= 15 is 0 Å². The molecule has 0 radical (unpaired) electrons. The zero-order valence-electron chi connectivity index (χ0n) is 11.2. The Labute approximate surface area is 113 Å². The first-order chi connectivity index (χ1) is 9.06. The van der Waals surface area contributed by atoms with Crippen molar-refractivity contribution < 1.29 is 10.0 Å². The number of benzene rings is 1. The lowest BCUT2D eigenvalue weighted by atomic mass is 9.92. The summed E-state index contributed by atoms with van der Waals surface area (Å²) < 4.78 is 0. The molecule has 2 rings (SSSR count). The first-order valence-electron chi connectivity index (χ1n) is 6.68. The highest BCUT2D eigenvalue weighted by Gasteiger charge is 2.22. The van der Waals surface area contributed by atoms with Crippen LogP contribution in [0.4, 0.5) is 5.69 Å². The molecule has 0 atom stereocenters. The van der Waals surface area contributed by atoms with Gasteiger partial charge in [0.25, 0.3) is 5.69 Å². The van der Waals surface area contributed by atoms with E-state index in [-0.39, 0.29) is 16.7 Å². The molecule has 1 saturated carbocycles. The molecule has 0 bridgehead atoms. The lowest BCUT2D eigenvalue weighted by molar-refractivity contribution is -0.384. The van der Waals surface area contributed by atoms with E-state index in [4.69, 9.17) is 0 Å². The van der Waals surface area contributed by atoms with Gasteiger partial charge in [-0.15, -0.1) is 0 Å². The highest BCUT2D eigenvalue weighted by atomic mass is 16.6. The van der Waals surface area contributed by atoms with E-state index in [2.05, 4.69) is 11.9 Å². The minimum atomic E-state index is -0.379. The number of aliphatic hydroxyl groups is 1. The van der Waals surface area contributed by atoms with E-state index in [0.29, 0.717) is 6.04 Å². The first-order valence-corrected chi connectivity index (χ1v) is 6.68. The van der Waals surface area contributed by atoms with Crippen molar-refractivity contribution in [3.8, 4) is 0 Å². The summed E-state index contributed by atoms with van der Waals surface area (Å²) >= 11 is 0. The van der Waals surface area contributed by atoms with Gasteiger partial charge in [-0.05, 0) is 38.3 Å². The Morgan fingerprint density at radius 1 is 1.26 bits per heavy atom. The van der Waals surface area contributed by atoms with E-state index in [1.54, 1.807) is 12.1 Å². The zero-order valence-corrected chi connectivity index (χ0v) is 11.2. The Balaban J connectivity index is 1.91. The fraction of sp³-hybridized carbons (Fsp3) is 0.571. The largest absolute Gasteiger partial charge is 0.393 e. The quantitative estimate of drug-likeness (QED) is 0.669. The molecule has 0 unspecified atom stereocenters. The van der Waals surface area contributed by atoms with Gasteiger partial charge < -0.3 is 5.11 Å². The molecule has 0 aliphatic heterocycles. The van der Waals surface area contributed by atoms with Crippen LogP contribution in [-0.4, -0.2) is 34.1 Å². The average molecular weight is 264 g/mol. The van der Waals surface area contributed by atoms with Crippen molar-refractivity contribution in [1.82, 2.24) is 4.90 Å². The zero-order chi connectivity index (χ0) is 13.8. The summed E-state index contributed by atoms with van der Waals surface area (Å²) in [7, 11) is 2.07. The van der Waals surface area contributed by atoms with Crippen LogP contribution in [0.5, 0.6) is 0 Å². The average Bonchev–Trinajstić information content (AvgIpc) is 2.40. The molecule has 1 N–H and O–H groups in total. The van der Waals surface area contributed by atoms with Gasteiger partial charge in [0.15, 0.2) is 0 Å². The molecule has 104 valence electrons. The maximum atomic E-state index is 10.6. The van der Waals surface area contributed by atoms with Crippen LogP contribution >= 0.6 is 0 Å². The van der Waals surface area contributed by atoms with Crippen LogP contribution in [0.2, 0.25) is 0 Å². The molecular formula is C14H20N2O3. The summed E-state index contributed by atoms with van der Waals surface area (Å²) in [5.41, 5.74) is 1.21. The summed E-state index contributed by atoms with van der Waals surface area (Å²) in [6.07, 6.45) is 3.64. The molecule has 5 nitrogen and oxygen atoms in total. The van der Waals surface area contributed by atoms with Gasteiger partial charge in [-0.1, -0.05) is 12.1 Å². The summed E-state index contributed by atoms with van der Waals surface area (Å²) in [6.45, 7) is 0.790. The van der Waals surface area contributed by atoms with Crippen molar-refractivity contribution in [3.05, 3.63) is 39.9 Å². The van der Waals surface area contributed by atoms with E-state index < -0.39 is 0 Å². The van der Waals surface area contributed by atoms with Crippen molar-refractivity contribution in [2.24, 2.45) is 0 Å². The number of nitro benzene ring substituents is 1. The number of rotatable bonds is 4. The summed E-state index contributed by atoms with van der Waals surface area (Å²) in [6, 6.07) is 7.22. The lowest BCUT2D eigenvalue weighted by Gasteiger charge is -2.33. The summed E-state index contributed by atoms with van der Waals surface area (Å²) in [5, 5.41) is 20.1. The third kappa shape index (κ3) is 3.75. The lowest BCUT2D eigenvalue weighted by Crippen LogP contribution is -2.35. The van der Waals surface area contributed by atoms with E-state index in [1.807, 2.05) is 12.1 Å². The maximum absolute atomic E-state index is 10.6. The van der Waals surface area contributed by atoms with Crippen LogP contribution < -0.4 is 0 Å². The number of hydrogen-bond acceptors (Lipinski definition) is 4. The number of non-ortho nitro benzene ring substituents is 1. The second-order valence-corrected chi connectivity index (χ2v) is 5.30. The number of aliphatic hydroxyl groups excluding tert-OH is 1. The van der Waals surface area contributed by atoms with Crippen LogP contribution in [0.1, 0.15) is 31.2 Å². The van der Waals surface area contributed by atoms with Crippen molar-refractivity contribution in [2.75, 3.05) is 7.05 Å². The van der Waals surface area contributed by atoms with Crippen molar-refractivity contribution in [3.63, 3.8) is 0 Å². The summed E-state index contributed by atoms with van der Waals surface area (Å²) in [4.78, 5) is 12.5. The van der Waals surface area contributed by atoms with E-state index in [0.717, 1.165) is 37.8 Å². The molecule has 0 aromatic heterocycles. The second-order valence-electron chi connectivity index (χ2n) is 5.30. The second kappa shape index (κ2) is 6.12. The number of hydrogen-bond donors (Lipinski definition) is 1. The summed E-state index contributed by atoms with van der Waals surface area (Å²) in [5.74, 6) is 0. The Bertz CT molecular complexity index is 425. The number of nitrogens with zero attached hydrogens (tertiary/aromatic N) is 2. The molecular weight excluding hydrogens is 244 g/mol. The Morgan fingerprint density at radius 2 is 1.84 bits per heavy atom. The van der Waals surface area contributed by atoms with Gasteiger partial charge in [-0.25, -0.2) is 0 Å². The van der Waals surface area contributed by atoms with Gasteiger partial charge in [0.2, 0.25) is 0 Å². The van der Waals surface area contributed by atoms with Crippen LogP contribution in [0.3, 0.4) is 0 Å². The molecule has 0 saturated heterocycles. The van der Waals surface area contributed by atoms with Gasteiger partial charge in [-0.3, -0.25) is 15.0 Å². The molecule has 1 aromatic rings. The van der Waals surface area contributed by atoms with Gasteiger partial charge in [0.05, 0.1) is 11.0 Å². The molecule has 0 amide bonds. The Kier molecular flexibility index (Phi) is 4.50. The minimum absolute atomic E-state index is 0.132.